The molecule has 6 rings (SSSR count). The summed E-state index contributed by atoms with van der Waals surface area (Å²) in [4.78, 5) is 17.0. The van der Waals surface area contributed by atoms with E-state index in [1.54, 1.807) is 0 Å². The second-order valence-corrected chi connectivity index (χ2v) is 9.56. The lowest BCUT2D eigenvalue weighted by atomic mass is 9.48. The lowest BCUT2D eigenvalue weighted by Crippen LogP contribution is -2.47. The van der Waals surface area contributed by atoms with Crippen molar-refractivity contribution in [3.63, 3.8) is 0 Å². The summed E-state index contributed by atoms with van der Waals surface area (Å²) >= 11 is 1.49. The highest BCUT2D eigenvalue weighted by atomic mass is 32.1. The van der Waals surface area contributed by atoms with Crippen molar-refractivity contribution in [2.24, 2.45) is 23.2 Å². The number of rotatable bonds is 4. The van der Waals surface area contributed by atoms with E-state index in [4.69, 9.17) is 0 Å². The van der Waals surface area contributed by atoms with E-state index in [2.05, 4.69) is 15.7 Å². The maximum absolute atomic E-state index is 13.0. The van der Waals surface area contributed by atoms with Gasteiger partial charge in [0.1, 0.15) is 5.82 Å². The van der Waals surface area contributed by atoms with Crippen LogP contribution in [0.4, 0.5) is 9.52 Å². The topological polar surface area (TPSA) is 42.0 Å². The molecule has 0 atom stereocenters. The van der Waals surface area contributed by atoms with E-state index in [0.29, 0.717) is 16.1 Å². The SMILES string of the molecule is O=C(Nc1nc(CC23CC4CC(CC(C4)C2)C3)cs1)c1ccc(F)cc1. The molecular weight excluding hydrogens is 347 g/mol. The van der Waals surface area contributed by atoms with Crippen LogP contribution in [-0.4, -0.2) is 10.9 Å². The molecule has 4 aliphatic rings. The molecule has 0 saturated heterocycles. The van der Waals surface area contributed by atoms with E-state index in [9.17, 15) is 9.18 Å². The molecule has 4 saturated carbocycles. The molecule has 5 heteroatoms. The number of anilines is 1. The van der Waals surface area contributed by atoms with Gasteiger partial charge in [-0.2, -0.15) is 0 Å². The summed E-state index contributed by atoms with van der Waals surface area (Å²) in [5.74, 6) is 2.25. The van der Waals surface area contributed by atoms with Crippen LogP contribution in [0, 0.1) is 29.0 Å². The highest BCUT2D eigenvalue weighted by molar-refractivity contribution is 7.14. The molecule has 2 aromatic rings. The Morgan fingerprint density at radius 2 is 1.73 bits per heavy atom. The standard InChI is InChI=1S/C21H23FN2OS/c22-17-3-1-16(2-4-17)19(25)24-20-23-18(12-26-20)11-21-8-13-5-14(9-21)7-15(6-13)10-21/h1-4,12-15H,5-11H2,(H,23,24,25). The molecule has 1 aromatic heterocycles. The fraction of sp³-hybridized carbons (Fsp3) is 0.524. The van der Waals surface area contributed by atoms with Crippen molar-refractivity contribution in [1.82, 2.24) is 4.98 Å². The number of halogens is 1. The molecular formula is C21H23FN2OS. The molecule has 1 N–H and O–H groups in total. The summed E-state index contributed by atoms with van der Waals surface area (Å²) in [5.41, 5.74) is 2.02. The van der Waals surface area contributed by atoms with Gasteiger partial charge in [0.25, 0.3) is 5.91 Å². The summed E-state index contributed by atoms with van der Waals surface area (Å²) in [6.07, 6.45) is 9.52. The highest BCUT2D eigenvalue weighted by Crippen LogP contribution is 2.61. The van der Waals surface area contributed by atoms with E-state index >= 15 is 0 Å². The maximum atomic E-state index is 13.0. The van der Waals surface area contributed by atoms with Crippen molar-refractivity contribution in [1.29, 1.82) is 0 Å². The van der Waals surface area contributed by atoms with Crippen molar-refractivity contribution >= 4 is 22.4 Å². The van der Waals surface area contributed by atoms with Crippen LogP contribution in [-0.2, 0) is 6.42 Å². The second kappa shape index (κ2) is 6.15. The van der Waals surface area contributed by atoms with Gasteiger partial charge in [-0.15, -0.1) is 11.3 Å². The first kappa shape index (κ1) is 16.4. The molecule has 0 spiro atoms. The van der Waals surface area contributed by atoms with Crippen LogP contribution in [0.15, 0.2) is 29.6 Å². The molecule has 1 amide bonds. The number of benzene rings is 1. The Labute approximate surface area is 157 Å². The predicted octanol–water partition coefficient (Wildman–Crippen LogP) is 5.29. The zero-order valence-corrected chi connectivity index (χ0v) is 15.5. The van der Waals surface area contributed by atoms with E-state index in [1.807, 2.05) is 0 Å². The summed E-state index contributed by atoms with van der Waals surface area (Å²) in [6, 6.07) is 5.59. The fourth-order valence-electron chi connectivity index (χ4n) is 6.11. The molecule has 136 valence electrons. The first-order valence-corrected chi connectivity index (χ1v) is 10.5. The van der Waals surface area contributed by atoms with Crippen LogP contribution in [0.2, 0.25) is 0 Å². The molecule has 4 fully saturated rings. The third-order valence-electron chi connectivity index (χ3n) is 6.60. The molecule has 0 radical (unpaired) electrons. The summed E-state index contributed by atoms with van der Waals surface area (Å²) < 4.78 is 13.0. The van der Waals surface area contributed by atoms with Gasteiger partial charge in [-0.25, -0.2) is 9.37 Å². The molecule has 4 bridgehead atoms. The van der Waals surface area contributed by atoms with Crippen molar-refractivity contribution in [2.75, 3.05) is 5.32 Å². The van der Waals surface area contributed by atoms with Crippen LogP contribution < -0.4 is 5.32 Å². The quantitative estimate of drug-likeness (QED) is 0.794. The van der Waals surface area contributed by atoms with Gasteiger partial charge in [0, 0.05) is 10.9 Å². The molecule has 1 heterocycles. The van der Waals surface area contributed by atoms with Gasteiger partial charge in [-0.1, -0.05) is 0 Å². The van der Waals surface area contributed by atoms with Gasteiger partial charge in [0.05, 0.1) is 5.69 Å². The molecule has 0 unspecified atom stereocenters. The number of carbonyl (C=O) groups is 1. The number of hydrogen-bond acceptors (Lipinski definition) is 3. The van der Waals surface area contributed by atoms with E-state index in [0.717, 1.165) is 29.9 Å². The molecule has 4 aliphatic carbocycles. The predicted molar refractivity (Wildman–Crippen MR) is 101 cm³/mol. The highest BCUT2D eigenvalue weighted by Gasteiger charge is 2.50. The molecule has 26 heavy (non-hydrogen) atoms. The zero-order chi connectivity index (χ0) is 17.7. The normalized spacial score (nSPS) is 32.0. The van der Waals surface area contributed by atoms with Gasteiger partial charge in [-0.05, 0) is 92.4 Å². The van der Waals surface area contributed by atoms with Gasteiger partial charge >= 0.3 is 0 Å². The van der Waals surface area contributed by atoms with Gasteiger partial charge < -0.3 is 0 Å². The lowest BCUT2D eigenvalue weighted by molar-refractivity contribution is -0.0525. The maximum Gasteiger partial charge on any atom is 0.257 e. The monoisotopic (exact) mass is 370 g/mol. The number of nitrogens with zero attached hydrogens (tertiary/aromatic N) is 1. The first-order valence-electron chi connectivity index (χ1n) is 9.58. The third kappa shape index (κ3) is 3.07. The Kier molecular flexibility index (Phi) is 3.89. The summed E-state index contributed by atoms with van der Waals surface area (Å²) in [6.45, 7) is 0. The van der Waals surface area contributed by atoms with E-state index in [-0.39, 0.29) is 11.7 Å². The van der Waals surface area contributed by atoms with Crippen molar-refractivity contribution in [3.8, 4) is 0 Å². The summed E-state index contributed by atoms with van der Waals surface area (Å²) in [5, 5.41) is 5.59. The van der Waals surface area contributed by atoms with Crippen molar-refractivity contribution in [2.45, 2.75) is 44.9 Å². The van der Waals surface area contributed by atoms with Gasteiger partial charge in [0.15, 0.2) is 5.13 Å². The number of nitrogens with one attached hydrogen (secondary N) is 1. The first-order chi connectivity index (χ1) is 12.6. The zero-order valence-electron chi connectivity index (χ0n) is 14.7. The average Bonchev–Trinajstić information content (AvgIpc) is 3.00. The second-order valence-electron chi connectivity index (χ2n) is 8.70. The van der Waals surface area contributed by atoms with E-state index < -0.39 is 0 Å². The molecule has 0 aliphatic heterocycles. The molecule has 3 nitrogen and oxygen atoms in total. The minimum absolute atomic E-state index is 0.235. The van der Waals surface area contributed by atoms with Crippen molar-refractivity contribution in [3.05, 3.63) is 46.7 Å². The van der Waals surface area contributed by atoms with E-state index in [1.165, 1.54) is 74.1 Å². The minimum atomic E-state index is -0.339. The van der Waals surface area contributed by atoms with Crippen LogP contribution in [0.3, 0.4) is 0 Å². The average molecular weight is 370 g/mol. The number of hydrogen-bond donors (Lipinski definition) is 1. The number of amides is 1. The van der Waals surface area contributed by atoms with Crippen LogP contribution >= 0.6 is 11.3 Å². The van der Waals surface area contributed by atoms with Crippen LogP contribution in [0.25, 0.3) is 0 Å². The smallest absolute Gasteiger partial charge is 0.257 e. The lowest BCUT2D eigenvalue weighted by Gasteiger charge is -2.56. The Morgan fingerprint density at radius 3 is 2.35 bits per heavy atom. The Hall–Kier alpha value is -1.75. The number of thiazole rings is 1. The third-order valence-corrected chi connectivity index (χ3v) is 7.41. The Morgan fingerprint density at radius 1 is 1.12 bits per heavy atom. The van der Waals surface area contributed by atoms with Gasteiger partial charge in [-0.3, -0.25) is 10.1 Å². The van der Waals surface area contributed by atoms with Gasteiger partial charge in [0.2, 0.25) is 0 Å². The fourth-order valence-corrected chi connectivity index (χ4v) is 6.81. The minimum Gasteiger partial charge on any atom is -0.298 e. The van der Waals surface area contributed by atoms with Crippen LogP contribution in [0.1, 0.15) is 54.6 Å². The largest absolute Gasteiger partial charge is 0.298 e. The molecule has 1 aromatic carbocycles. The van der Waals surface area contributed by atoms with Crippen LogP contribution in [0.5, 0.6) is 0 Å². The Bertz CT molecular complexity index is 794. The Balaban J connectivity index is 1.27. The summed E-state index contributed by atoms with van der Waals surface area (Å²) in [7, 11) is 0. The van der Waals surface area contributed by atoms with Crippen molar-refractivity contribution < 1.29 is 9.18 Å². The number of aromatic nitrogens is 1. The number of carbonyl (C=O) groups excluding carboxylic acids is 1.